The first-order chi connectivity index (χ1) is 11.5. The van der Waals surface area contributed by atoms with Crippen LogP contribution in [-0.2, 0) is 9.53 Å². The van der Waals surface area contributed by atoms with Crippen molar-refractivity contribution >= 4 is 34.4 Å². The topological polar surface area (TPSA) is 88.5 Å². The monoisotopic (exact) mass is 348 g/mol. The standard InChI is InChI=1S/C17H17ClN2O4/c18-12-3-1-11-2-4-13(19-14(11)9-12)16(23)20-17(10-15(21)22)5-7-24-8-6-17/h1-4,9H,5-8,10H2,(H,20,23)(H,21,22). The molecule has 1 aromatic heterocycles. The number of aliphatic carboxylic acids is 1. The van der Waals surface area contributed by atoms with Crippen molar-refractivity contribution in [2.24, 2.45) is 0 Å². The zero-order valence-electron chi connectivity index (χ0n) is 12.9. The molecule has 126 valence electrons. The van der Waals surface area contributed by atoms with E-state index in [0.29, 0.717) is 36.6 Å². The average molecular weight is 349 g/mol. The average Bonchev–Trinajstić information content (AvgIpc) is 2.54. The van der Waals surface area contributed by atoms with Crippen LogP contribution in [0.25, 0.3) is 10.9 Å². The fourth-order valence-electron chi connectivity index (χ4n) is 2.92. The van der Waals surface area contributed by atoms with E-state index in [1.165, 1.54) is 0 Å². The largest absolute Gasteiger partial charge is 0.481 e. The number of carboxylic acid groups (broad SMARTS) is 1. The number of nitrogens with one attached hydrogen (secondary N) is 1. The van der Waals surface area contributed by atoms with Crippen LogP contribution in [0.4, 0.5) is 0 Å². The van der Waals surface area contributed by atoms with Crippen LogP contribution in [0.3, 0.4) is 0 Å². The number of amides is 1. The Morgan fingerprint density at radius 3 is 2.67 bits per heavy atom. The molecule has 1 fully saturated rings. The van der Waals surface area contributed by atoms with E-state index >= 15 is 0 Å². The van der Waals surface area contributed by atoms with Gasteiger partial charge in [0.25, 0.3) is 5.91 Å². The third kappa shape index (κ3) is 3.66. The maximum absolute atomic E-state index is 12.6. The van der Waals surface area contributed by atoms with Gasteiger partial charge in [0, 0.05) is 23.6 Å². The first-order valence-corrected chi connectivity index (χ1v) is 8.04. The zero-order valence-corrected chi connectivity index (χ0v) is 13.7. The summed E-state index contributed by atoms with van der Waals surface area (Å²) in [6.45, 7) is 0.850. The van der Waals surface area contributed by atoms with Crippen LogP contribution in [-0.4, -0.2) is 40.7 Å². The Morgan fingerprint density at radius 1 is 1.25 bits per heavy atom. The quantitative estimate of drug-likeness (QED) is 0.886. The Labute approximate surface area is 143 Å². The summed E-state index contributed by atoms with van der Waals surface area (Å²) in [6, 6.07) is 8.70. The fraction of sp³-hybridized carbons (Fsp3) is 0.353. The minimum Gasteiger partial charge on any atom is -0.481 e. The number of carboxylic acids is 1. The first-order valence-electron chi connectivity index (χ1n) is 7.66. The van der Waals surface area contributed by atoms with Crippen molar-refractivity contribution in [1.29, 1.82) is 0 Å². The van der Waals surface area contributed by atoms with E-state index in [1.54, 1.807) is 24.3 Å². The summed E-state index contributed by atoms with van der Waals surface area (Å²) in [5.74, 6) is -1.34. The van der Waals surface area contributed by atoms with Gasteiger partial charge in [-0.3, -0.25) is 9.59 Å². The lowest BCUT2D eigenvalue weighted by Gasteiger charge is -2.36. The van der Waals surface area contributed by atoms with Crippen LogP contribution in [0.1, 0.15) is 29.8 Å². The van der Waals surface area contributed by atoms with Crippen LogP contribution < -0.4 is 5.32 Å². The molecule has 7 heteroatoms. The minimum absolute atomic E-state index is 0.137. The summed E-state index contributed by atoms with van der Waals surface area (Å²) in [5, 5.41) is 13.4. The van der Waals surface area contributed by atoms with Gasteiger partial charge in [0.2, 0.25) is 0 Å². The van der Waals surface area contributed by atoms with E-state index in [-0.39, 0.29) is 18.0 Å². The molecule has 0 spiro atoms. The molecule has 2 aromatic rings. The molecule has 3 rings (SSSR count). The highest BCUT2D eigenvalue weighted by molar-refractivity contribution is 6.31. The van der Waals surface area contributed by atoms with Crippen molar-refractivity contribution in [2.45, 2.75) is 24.8 Å². The van der Waals surface area contributed by atoms with E-state index in [2.05, 4.69) is 10.3 Å². The molecule has 0 atom stereocenters. The molecule has 0 unspecified atom stereocenters. The van der Waals surface area contributed by atoms with Gasteiger partial charge in [-0.05, 0) is 31.0 Å². The molecule has 0 saturated carbocycles. The number of fused-ring (bicyclic) bond motifs is 1. The highest BCUT2D eigenvalue weighted by Crippen LogP contribution is 2.25. The lowest BCUT2D eigenvalue weighted by molar-refractivity contribution is -0.139. The number of carbonyl (C=O) groups excluding carboxylic acids is 1. The van der Waals surface area contributed by atoms with Gasteiger partial charge in [0.05, 0.1) is 17.5 Å². The van der Waals surface area contributed by atoms with Crippen molar-refractivity contribution in [3.8, 4) is 0 Å². The molecule has 1 aromatic carbocycles. The van der Waals surface area contributed by atoms with E-state index in [9.17, 15) is 9.59 Å². The Hall–Kier alpha value is -2.18. The summed E-state index contributed by atoms with van der Waals surface area (Å²) in [4.78, 5) is 28.1. The van der Waals surface area contributed by atoms with Crippen LogP contribution in [0.15, 0.2) is 30.3 Å². The Balaban J connectivity index is 1.85. The van der Waals surface area contributed by atoms with Gasteiger partial charge in [-0.15, -0.1) is 0 Å². The van der Waals surface area contributed by atoms with Crippen LogP contribution in [0.2, 0.25) is 5.02 Å². The molecule has 1 amide bonds. The molecule has 1 aliphatic heterocycles. The third-order valence-corrected chi connectivity index (χ3v) is 4.44. The maximum Gasteiger partial charge on any atom is 0.305 e. The molecule has 0 radical (unpaired) electrons. The number of hydrogen-bond acceptors (Lipinski definition) is 4. The number of pyridine rings is 1. The fourth-order valence-corrected chi connectivity index (χ4v) is 3.09. The second kappa shape index (κ2) is 6.75. The van der Waals surface area contributed by atoms with Gasteiger partial charge < -0.3 is 15.2 Å². The van der Waals surface area contributed by atoms with Crippen LogP contribution in [0, 0.1) is 0 Å². The maximum atomic E-state index is 12.6. The Kier molecular flexibility index (Phi) is 4.69. The highest BCUT2D eigenvalue weighted by atomic mass is 35.5. The van der Waals surface area contributed by atoms with Crippen molar-refractivity contribution in [2.75, 3.05) is 13.2 Å². The van der Waals surface area contributed by atoms with Crippen molar-refractivity contribution in [3.63, 3.8) is 0 Å². The number of halogens is 1. The number of benzene rings is 1. The molecule has 1 saturated heterocycles. The smallest absolute Gasteiger partial charge is 0.305 e. The van der Waals surface area contributed by atoms with Crippen LogP contribution >= 0.6 is 11.6 Å². The summed E-state index contributed by atoms with van der Waals surface area (Å²) in [7, 11) is 0. The number of rotatable bonds is 4. The van der Waals surface area contributed by atoms with Gasteiger partial charge in [-0.1, -0.05) is 23.7 Å². The molecule has 2 heterocycles. The molecular formula is C17H17ClN2O4. The second-order valence-corrected chi connectivity index (χ2v) is 6.39. The van der Waals surface area contributed by atoms with Crippen molar-refractivity contribution in [3.05, 3.63) is 41.0 Å². The second-order valence-electron chi connectivity index (χ2n) is 5.95. The highest BCUT2D eigenvalue weighted by Gasteiger charge is 2.36. The molecule has 2 N–H and O–H groups in total. The van der Waals surface area contributed by atoms with E-state index in [4.69, 9.17) is 21.4 Å². The molecule has 0 aliphatic carbocycles. The summed E-state index contributed by atoms with van der Waals surface area (Å²) in [6.07, 6.45) is 0.788. The summed E-state index contributed by atoms with van der Waals surface area (Å²) in [5.41, 5.74) is 0.0574. The van der Waals surface area contributed by atoms with E-state index < -0.39 is 11.5 Å². The number of nitrogens with zero attached hydrogens (tertiary/aromatic N) is 1. The zero-order chi connectivity index (χ0) is 17.2. The van der Waals surface area contributed by atoms with Gasteiger partial charge in [0.15, 0.2) is 0 Å². The van der Waals surface area contributed by atoms with Crippen molar-refractivity contribution < 1.29 is 19.4 Å². The summed E-state index contributed by atoms with van der Waals surface area (Å²) < 4.78 is 5.29. The van der Waals surface area contributed by atoms with Crippen LogP contribution in [0.5, 0.6) is 0 Å². The molecule has 1 aliphatic rings. The molecule has 24 heavy (non-hydrogen) atoms. The predicted molar refractivity (Wildman–Crippen MR) is 89.3 cm³/mol. The molecule has 6 nitrogen and oxygen atoms in total. The third-order valence-electron chi connectivity index (χ3n) is 4.21. The lowest BCUT2D eigenvalue weighted by Crippen LogP contribution is -2.53. The van der Waals surface area contributed by atoms with Gasteiger partial charge in [-0.2, -0.15) is 0 Å². The molecular weight excluding hydrogens is 332 g/mol. The Bertz CT molecular complexity index is 787. The van der Waals surface area contributed by atoms with Crippen molar-refractivity contribution in [1.82, 2.24) is 10.3 Å². The number of aromatic nitrogens is 1. The first kappa shape index (κ1) is 16.7. The lowest BCUT2D eigenvalue weighted by atomic mass is 9.86. The normalized spacial score (nSPS) is 16.7. The Morgan fingerprint density at radius 2 is 1.96 bits per heavy atom. The number of ether oxygens (including phenoxy) is 1. The summed E-state index contributed by atoms with van der Waals surface area (Å²) >= 11 is 5.97. The van der Waals surface area contributed by atoms with E-state index in [0.717, 1.165) is 5.39 Å². The van der Waals surface area contributed by atoms with E-state index in [1.807, 2.05) is 6.07 Å². The van der Waals surface area contributed by atoms with Gasteiger partial charge in [-0.25, -0.2) is 4.98 Å². The predicted octanol–water partition coefficient (Wildman–Crippen LogP) is 2.64. The number of carbonyl (C=O) groups is 2. The minimum atomic E-state index is -0.949. The number of hydrogen-bond donors (Lipinski definition) is 2. The van der Waals surface area contributed by atoms with Gasteiger partial charge in [0.1, 0.15) is 5.69 Å². The van der Waals surface area contributed by atoms with Gasteiger partial charge >= 0.3 is 5.97 Å². The molecule has 0 bridgehead atoms. The SMILES string of the molecule is O=C(O)CC1(NC(=O)c2ccc3ccc(Cl)cc3n2)CCOCC1.